The van der Waals surface area contributed by atoms with Crippen LogP contribution in [0.5, 0.6) is 5.75 Å². The predicted octanol–water partition coefficient (Wildman–Crippen LogP) is 2.95. The third kappa shape index (κ3) is 8.73. The Morgan fingerprint density at radius 2 is 1.96 bits per heavy atom. The number of halogens is 1. The number of ether oxygens (including phenoxy) is 1. The molecule has 1 atom stereocenters. The molecule has 0 spiro atoms. The Morgan fingerprint density at radius 3 is 2.50 bits per heavy atom. The van der Waals surface area contributed by atoms with Crippen LogP contribution in [-0.4, -0.2) is 51.7 Å². The highest BCUT2D eigenvalue weighted by atomic mass is 127. The van der Waals surface area contributed by atoms with Gasteiger partial charge in [-0.2, -0.15) is 0 Å². The summed E-state index contributed by atoms with van der Waals surface area (Å²) in [6, 6.07) is 8.54. The first-order valence-electron chi connectivity index (χ1n) is 8.20. The van der Waals surface area contributed by atoms with Crippen molar-refractivity contribution < 1.29 is 4.74 Å². The van der Waals surface area contributed by atoms with Gasteiger partial charge in [0.15, 0.2) is 5.96 Å². The van der Waals surface area contributed by atoms with Crippen LogP contribution in [0.1, 0.15) is 25.8 Å². The maximum absolute atomic E-state index is 5.25. The SMILES string of the molecule is CN=C(NCc1cccc(OC)c1)NCC(CC(C)C)N(C)C.I. The van der Waals surface area contributed by atoms with Gasteiger partial charge in [0.2, 0.25) is 0 Å². The summed E-state index contributed by atoms with van der Waals surface area (Å²) in [7, 11) is 7.74. The van der Waals surface area contributed by atoms with Crippen molar-refractivity contribution in [2.75, 3.05) is 34.8 Å². The van der Waals surface area contributed by atoms with Crippen LogP contribution in [0, 0.1) is 5.92 Å². The fourth-order valence-corrected chi connectivity index (χ4v) is 2.42. The molecule has 24 heavy (non-hydrogen) atoms. The Labute approximate surface area is 164 Å². The summed E-state index contributed by atoms with van der Waals surface area (Å²) in [6.07, 6.45) is 1.16. The first-order chi connectivity index (χ1) is 11.0. The Hall–Kier alpha value is -1.02. The van der Waals surface area contributed by atoms with Gasteiger partial charge in [0.25, 0.3) is 0 Å². The number of rotatable bonds is 8. The molecule has 0 aliphatic carbocycles. The predicted molar refractivity (Wildman–Crippen MR) is 114 cm³/mol. The summed E-state index contributed by atoms with van der Waals surface area (Å²) >= 11 is 0. The van der Waals surface area contributed by atoms with E-state index in [9.17, 15) is 0 Å². The third-order valence-electron chi connectivity index (χ3n) is 3.80. The van der Waals surface area contributed by atoms with Gasteiger partial charge < -0.3 is 20.3 Å². The Morgan fingerprint density at radius 1 is 1.25 bits per heavy atom. The fourth-order valence-electron chi connectivity index (χ4n) is 2.42. The van der Waals surface area contributed by atoms with Gasteiger partial charge in [-0.3, -0.25) is 4.99 Å². The summed E-state index contributed by atoms with van der Waals surface area (Å²) in [4.78, 5) is 6.57. The number of nitrogens with zero attached hydrogens (tertiary/aromatic N) is 2. The lowest BCUT2D eigenvalue weighted by Gasteiger charge is -2.27. The molecule has 0 radical (unpaired) electrons. The van der Waals surface area contributed by atoms with Crippen LogP contribution in [0.25, 0.3) is 0 Å². The second kappa shape index (κ2) is 12.4. The monoisotopic (exact) mass is 448 g/mol. The molecule has 0 aliphatic rings. The summed E-state index contributed by atoms with van der Waals surface area (Å²) in [6.45, 7) is 6.11. The van der Waals surface area contributed by atoms with Crippen molar-refractivity contribution in [1.29, 1.82) is 0 Å². The number of nitrogens with one attached hydrogen (secondary N) is 2. The Balaban J connectivity index is 0.00000529. The molecule has 0 bridgehead atoms. The first kappa shape index (κ1) is 23.0. The highest BCUT2D eigenvalue weighted by molar-refractivity contribution is 14.0. The molecule has 1 rings (SSSR count). The van der Waals surface area contributed by atoms with Crippen LogP contribution in [0.15, 0.2) is 29.3 Å². The smallest absolute Gasteiger partial charge is 0.191 e. The number of guanidine groups is 1. The fraction of sp³-hybridized carbons (Fsp3) is 0.611. The molecule has 0 saturated carbocycles. The molecule has 138 valence electrons. The molecule has 0 fully saturated rings. The van der Waals surface area contributed by atoms with E-state index in [0.717, 1.165) is 24.7 Å². The molecule has 0 saturated heterocycles. The van der Waals surface area contributed by atoms with Crippen molar-refractivity contribution >= 4 is 29.9 Å². The molecule has 5 nitrogen and oxygen atoms in total. The van der Waals surface area contributed by atoms with Crippen LogP contribution in [-0.2, 0) is 6.54 Å². The normalized spacial score (nSPS) is 12.8. The zero-order valence-electron chi connectivity index (χ0n) is 15.8. The first-order valence-corrected chi connectivity index (χ1v) is 8.20. The number of hydrogen-bond acceptors (Lipinski definition) is 3. The molecule has 1 unspecified atom stereocenters. The van der Waals surface area contributed by atoms with E-state index in [1.54, 1.807) is 14.2 Å². The van der Waals surface area contributed by atoms with Crippen LogP contribution in [0.4, 0.5) is 0 Å². The maximum Gasteiger partial charge on any atom is 0.191 e. The minimum atomic E-state index is 0. The molecular formula is C18H33IN4O. The molecule has 0 heterocycles. The second-order valence-electron chi connectivity index (χ2n) is 6.41. The average molecular weight is 448 g/mol. The summed E-state index contributed by atoms with van der Waals surface area (Å²) in [5.41, 5.74) is 1.17. The topological polar surface area (TPSA) is 48.9 Å². The summed E-state index contributed by atoms with van der Waals surface area (Å²) in [5, 5.41) is 6.77. The van der Waals surface area contributed by atoms with Gasteiger partial charge in [-0.25, -0.2) is 0 Å². The van der Waals surface area contributed by atoms with Crippen LogP contribution in [0.2, 0.25) is 0 Å². The van der Waals surface area contributed by atoms with Gasteiger partial charge in [-0.15, -0.1) is 24.0 Å². The van der Waals surface area contributed by atoms with E-state index in [2.05, 4.69) is 54.5 Å². The quantitative estimate of drug-likeness (QED) is 0.365. The summed E-state index contributed by atoms with van der Waals surface area (Å²) < 4.78 is 5.25. The van der Waals surface area contributed by atoms with Gasteiger partial charge in [-0.1, -0.05) is 26.0 Å². The van der Waals surface area contributed by atoms with Crippen molar-refractivity contribution in [2.24, 2.45) is 10.9 Å². The van der Waals surface area contributed by atoms with Crippen LogP contribution >= 0.6 is 24.0 Å². The van der Waals surface area contributed by atoms with Crippen molar-refractivity contribution in [3.8, 4) is 5.75 Å². The van der Waals surface area contributed by atoms with Gasteiger partial charge in [-0.05, 0) is 44.1 Å². The van der Waals surface area contributed by atoms with E-state index >= 15 is 0 Å². The van der Waals surface area contributed by atoms with Crippen molar-refractivity contribution in [3.63, 3.8) is 0 Å². The van der Waals surface area contributed by atoms with Gasteiger partial charge in [0, 0.05) is 26.2 Å². The molecule has 0 amide bonds. The Kier molecular flexibility index (Phi) is 11.8. The van der Waals surface area contributed by atoms with Crippen molar-refractivity contribution in [2.45, 2.75) is 32.9 Å². The maximum atomic E-state index is 5.25. The molecule has 6 heteroatoms. The van der Waals surface area contributed by atoms with E-state index in [1.807, 2.05) is 18.2 Å². The summed E-state index contributed by atoms with van der Waals surface area (Å²) in [5.74, 6) is 2.37. The van der Waals surface area contributed by atoms with E-state index in [-0.39, 0.29) is 24.0 Å². The lowest BCUT2D eigenvalue weighted by molar-refractivity contribution is 0.254. The number of aliphatic imine (C=N–C) groups is 1. The Bertz CT molecular complexity index is 492. The molecular weight excluding hydrogens is 415 g/mol. The zero-order valence-corrected chi connectivity index (χ0v) is 18.1. The number of hydrogen-bond donors (Lipinski definition) is 2. The minimum absolute atomic E-state index is 0. The van der Waals surface area contributed by atoms with Crippen LogP contribution < -0.4 is 15.4 Å². The number of likely N-dealkylation sites (N-methyl/N-ethyl adjacent to an activating group) is 1. The number of benzene rings is 1. The number of methoxy groups -OCH3 is 1. The average Bonchev–Trinajstić information content (AvgIpc) is 2.53. The molecule has 0 aromatic heterocycles. The lowest BCUT2D eigenvalue weighted by Crippen LogP contribution is -2.45. The molecule has 1 aromatic rings. The van der Waals surface area contributed by atoms with Gasteiger partial charge in [0.05, 0.1) is 7.11 Å². The van der Waals surface area contributed by atoms with Crippen LogP contribution in [0.3, 0.4) is 0 Å². The highest BCUT2D eigenvalue weighted by Crippen LogP contribution is 2.12. The van der Waals surface area contributed by atoms with E-state index < -0.39 is 0 Å². The largest absolute Gasteiger partial charge is 0.497 e. The second-order valence-corrected chi connectivity index (χ2v) is 6.41. The standard InChI is InChI=1S/C18H32N4O.HI/c1-14(2)10-16(22(4)5)13-21-18(19-3)20-12-15-8-7-9-17(11-15)23-6;/h7-9,11,14,16H,10,12-13H2,1-6H3,(H2,19,20,21);1H. The molecule has 1 aromatic carbocycles. The van der Waals surface area contributed by atoms with E-state index in [0.29, 0.717) is 18.5 Å². The van der Waals surface area contributed by atoms with E-state index in [1.165, 1.54) is 5.56 Å². The highest BCUT2D eigenvalue weighted by Gasteiger charge is 2.13. The van der Waals surface area contributed by atoms with Crippen molar-refractivity contribution in [1.82, 2.24) is 15.5 Å². The van der Waals surface area contributed by atoms with E-state index in [4.69, 9.17) is 4.74 Å². The molecule has 2 N–H and O–H groups in total. The zero-order chi connectivity index (χ0) is 17.2. The third-order valence-corrected chi connectivity index (χ3v) is 3.80. The van der Waals surface area contributed by atoms with Crippen molar-refractivity contribution in [3.05, 3.63) is 29.8 Å². The van der Waals surface area contributed by atoms with Gasteiger partial charge >= 0.3 is 0 Å². The van der Waals surface area contributed by atoms with Gasteiger partial charge in [0.1, 0.15) is 5.75 Å². The lowest BCUT2D eigenvalue weighted by atomic mass is 10.0. The molecule has 0 aliphatic heterocycles. The minimum Gasteiger partial charge on any atom is -0.497 e.